The van der Waals surface area contributed by atoms with Crippen LogP contribution in [0.3, 0.4) is 0 Å². The van der Waals surface area contributed by atoms with Gasteiger partial charge in [-0.3, -0.25) is 4.79 Å². The minimum absolute atomic E-state index is 0.0292. The van der Waals surface area contributed by atoms with E-state index in [1.807, 2.05) is 0 Å². The number of rotatable bonds is 6. The van der Waals surface area contributed by atoms with Gasteiger partial charge in [-0.15, -0.1) is 0 Å². The van der Waals surface area contributed by atoms with Crippen molar-refractivity contribution in [1.82, 2.24) is 5.32 Å². The van der Waals surface area contributed by atoms with Gasteiger partial charge in [0.25, 0.3) is 0 Å². The molecular weight excluding hydrogens is 344 g/mol. The van der Waals surface area contributed by atoms with Crippen molar-refractivity contribution < 1.29 is 9.53 Å². The summed E-state index contributed by atoms with van der Waals surface area (Å²) < 4.78 is 6.03. The Balaban J connectivity index is 2.09. The van der Waals surface area contributed by atoms with Gasteiger partial charge in [0.15, 0.2) is 0 Å². The molecule has 3 N–H and O–H groups in total. The van der Waals surface area contributed by atoms with Gasteiger partial charge < -0.3 is 15.8 Å². The molecule has 0 saturated heterocycles. The van der Waals surface area contributed by atoms with E-state index >= 15 is 0 Å². The lowest BCUT2D eigenvalue weighted by Crippen LogP contribution is -2.49. The summed E-state index contributed by atoms with van der Waals surface area (Å²) >= 11 is 3.49. The zero-order valence-electron chi connectivity index (χ0n) is 13.1. The molecule has 1 fully saturated rings. The molecule has 1 aromatic rings. The van der Waals surface area contributed by atoms with Crippen LogP contribution in [0, 0.1) is 0 Å². The third kappa shape index (κ3) is 4.31. The van der Waals surface area contributed by atoms with Crippen LogP contribution < -0.4 is 11.1 Å². The van der Waals surface area contributed by atoms with Crippen molar-refractivity contribution in [3.05, 3.63) is 34.3 Å². The largest absolute Gasteiger partial charge is 0.383 e. The Bertz CT molecular complexity index is 484. The normalized spacial score (nSPS) is 18.7. The van der Waals surface area contributed by atoms with E-state index in [0.29, 0.717) is 6.54 Å². The van der Waals surface area contributed by atoms with E-state index < -0.39 is 6.04 Å². The number of nitrogens with two attached hydrogens (primary N) is 1. The lowest BCUT2D eigenvalue weighted by molar-refractivity contribution is -0.123. The minimum atomic E-state index is -0.601. The van der Waals surface area contributed by atoms with Gasteiger partial charge >= 0.3 is 0 Å². The molecule has 0 heterocycles. The van der Waals surface area contributed by atoms with Crippen molar-refractivity contribution in [3.63, 3.8) is 0 Å². The highest BCUT2D eigenvalue weighted by molar-refractivity contribution is 9.10. The Labute approximate surface area is 140 Å². The van der Waals surface area contributed by atoms with Crippen LogP contribution in [0.4, 0.5) is 0 Å². The topological polar surface area (TPSA) is 64.3 Å². The number of nitrogens with one attached hydrogen (secondary N) is 1. The van der Waals surface area contributed by atoms with Crippen LogP contribution in [0.15, 0.2) is 28.7 Å². The first kappa shape index (κ1) is 17.4. The number of hydrogen-bond acceptors (Lipinski definition) is 3. The molecule has 0 aliphatic heterocycles. The molecule has 1 aliphatic carbocycles. The smallest absolute Gasteiger partial charge is 0.239 e. The minimum Gasteiger partial charge on any atom is -0.383 e. The molecule has 122 valence electrons. The van der Waals surface area contributed by atoms with Gasteiger partial charge in [-0.2, -0.15) is 0 Å². The van der Waals surface area contributed by atoms with Gasteiger partial charge in [-0.05, 0) is 30.5 Å². The van der Waals surface area contributed by atoms with Gasteiger partial charge in [0, 0.05) is 23.5 Å². The summed E-state index contributed by atoms with van der Waals surface area (Å²) in [6.45, 7) is 0.891. The van der Waals surface area contributed by atoms with Gasteiger partial charge in [0.2, 0.25) is 5.91 Å². The average Bonchev–Trinajstić information content (AvgIpc) is 2.54. The number of carbonyl (C=O) groups is 1. The maximum atomic E-state index is 12.1. The van der Waals surface area contributed by atoms with E-state index in [1.165, 1.54) is 24.8 Å². The van der Waals surface area contributed by atoms with Crippen molar-refractivity contribution in [3.8, 4) is 0 Å². The highest BCUT2D eigenvalue weighted by Crippen LogP contribution is 2.39. The fourth-order valence-corrected chi connectivity index (χ4v) is 3.51. The maximum absolute atomic E-state index is 12.1. The summed E-state index contributed by atoms with van der Waals surface area (Å²) in [7, 11) is 1.55. The molecule has 22 heavy (non-hydrogen) atoms. The molecule has 1 atom stereocenters. The number of halogens is 1. The van der Waals surface area contributed by atoms with Gasteiger partial charge in [0.1, 0.15) is 6.04 Å². The first-order chi connectivity index (χ1) is 10.6. The summed E-state index contributed by atoms with van der Waals surface area (Å²) in [5.74, 6) is -0.135. The number of benzene rings is 1. The van der Waals surface area contributed by atoms with Crippen LogP contribution in [0.5, 0.6) is 0 Å². The molecule has 1 aliphatic rings. The monoisotopic (exact) mass is 368 g/mol. The van der Waals surface area contributed by atoms with Crippen LogP contribution in [-0.2, 0) is 14.9 Å². The molecule has 0 spiro atoms. The summed E-state index contributed by atoms with van der Waals surface area (Å²) in [5.41, 5.74) is 7.13. The second-order valence-electron chi connectivity index (χ2n) is 6.13. The molecule has 5 heteroatoms. The van der Waals surface area contributed by atoms with Crippen molar-refractivity contribution >= 4 is 21.8 Å². The SMILES string of the molecule is COCC(N)C(=O)NCC1(c2ccc(Br)cc2)CCCCC1. The quantitative estimate of drug-likeness (QED) is 0.811. The van der Waals surface area contributed by atoms with Gasteiger partial charge in [-0.1, -0.05) is 47.3 Å². The summed E-state index contributed by atoms with van der Waals surface area (Å²) in [6.07, 6.45) is 5.89. The zero-order chi connectivity index (χ0) is 16.0. The van der Waals surface area contributed by atoms with Crippen LogP contribution >= 0.6 is 15.9 Å². The maximum Gasteiger partial charge on any atom is 0.239 e. The second-order valence-corrected chi connectivity index (χ2v) is 7.04. The number of methoxy groups -OCH3 is 1. The molecule has 1 aromatic carbocycles. The molecule has 0 aromatic heterocycles. The van der Waals surface area contributed by atoms with Crippen LogP contribution in [-0.4, -0.2) is 32.2 Å². The van der Waals surface area contributed by atoms with Gasteiger partial charge in [0.05, 0.1) is 6.61 Å². The molecule has 1 unspecified atom stereocenters. The third-order valence-electron chi connectivity index (χ3n) is 4.55. The predicted molar refractivity (Wildman–Crippen MR) is 91.8 cm³/mol. The van der Waals surface area contributed by atoms with Crippen molar-refractivity contribution in [1.29, 1.82) is 0 Å². The Kier molecular flexibility index (Phi) is 6.41. The second kappa shape index (κ2) is 8.09. The zero-order valence-corrected chi connectivity index (χ0v) is 14.7. The van der Waals surface area contributed by atoms with E-state index in [1.54, 1.807) is 7.11 Å². The highest BCUT2D eigenvalue weighted by Gasteiger charge is 2.34. The Hall–Kier alpha value is -0.910. The summed E-state index contributed by atoms with van der Waals surface area (Å²) in [5, 5.41) is 3.04. The van der Waals surface area contributed by atoms with Crippen LogP contribution in [0.2, 0.25) is 0 Å². The van der Waals surface area contributed by atoms with Crippen molar-refractivity contribution in [2.24, 2.45) is 5.73 Å². The third-order valence-corrected chi connectivity index (χ3v) is 5.08. The van der Waals surface area contributed by atoms with E-state index in [9.17, 15) is 4.79 Å². The Morgan fingerprint density at radius 2 is 1.95 bits per heavy atom. The standard InChI is InChI=1S/C17H25BrN2O2/c1-22-11-15(19)16(21)20-12-17(9-3-2-4-10-17)13-5-7-14(18)8-6-13/h5-8,15H,2-4,9-12,19H2,1H3,(H,20,21). The first-order valence-corrected chi connectivity index (χ1v) is 8.65. The van der Waals surface area contributed by atoms with Crippen molar-refractivity contribution in [2.75, 3.05) is 20.3 Å². The first-order valence-electron chi connectivity index (χ1n) is 7.86. The number of carbonyl (C=O) groups excluding carboxylic acids is 1. The van der Waals surface area contributed by atoms with E-state index in [0.717, 1.165) is 17.3 Å². The molecular formula is C17H25BrN2O2. The predicted octanol–water partition coefficient (Wildman–Crippen LogP) is 2.74. The van der Waals surface area contributed by atoms with Gasteiger partial charge in [-0.25, -0.2) is 0 Å². The lowest BCUT2D eigenvalue weighted by atomic mass is 9.69. The molecule has 0 radical (unpaired) electrons. The average molecular weight is 369 g/mol. The fraction of sp³-hybridized carbons (Fsp3) is 0.588. The van der Waals surface area contributed by atoms with E-state index in [4.69, 9.17) is 10.5 Å². The lowest BCUT2D eigenvalue weighted by Gasteiger charge is -2.38. The fourth-order valence-electron chi connectivity index (χ4n) is 3.24. The Morgan fingerprint density at radius 3 is 2.55 bits per heavy atom. The number of amides is 1. The highest BCUT2D eigenvalue weighted by atomic mass is 79.9. The molecule has 4 nitrogen and oxygen atoms in total. The van der Waals surface area contributed by atoms with E-state index in [-0.39, 0.29) is 17.9 Å². The van der Waals surface area contributed by atoms with Crippen molar-refractivity contribution in [2.45, 2.75) is 43.6 Å². The summed E-state index contributed by atoms with van der Waals surface area (Å²) in [4.78, 5) is 12.1. The van der Waals surface area contributed by atoms with E-state index in [2.05, 4.69) is 45.5 Å². The molecule has 2 rings (SSSR count). The number of hydrogen-bond donors (Lipinski definition) is 2. The molecule has 1 amide bonds. The van der Waals surface area contributed by atoms with Crippen LogP contribution in [0.1, 0.15) is 37.7 Å². The molecule has 0 bridgehead atoms. The summed E-state index contributed by atoms with van der Waals surface area (Å²) in [6, 6.07) is 7.87. The van der Waals surface area contributed by atoms with Crippen LogP contribution in [0.25, 0.3) is 0 Å². The Morgan fingerprint density at radius 1 is 1.32 bits per heavy atom. The number of ether oxygens (including phenoxy) is 1. The molecule has 1 saturated carbocycles.